The van der Waals surface area contributed by atoms with Crippen LogP contribution in [-0.4, -0.2) is 29.8 Å². The first-order valence-electron chi connectivity index (χ1n) is 8.46. The number of hydrogen-bond acceptors (Lipinski definition) is 6. The summed E-state index contributed by atoms with van der Waals surface area (Å²) >= 11 is 1.49. The van der Waals surface area contributed by atoms with E-state index in [-0.39, 0.29) is 18.0 Å². The molecular formula is C19H15F3N2O5S. The van der Waals surface area contributed by atoms with Crippen molar-refractivity contribution < 1.29 is 37.0 Å². The fourth-order valence-corrected chi connectivity index (χ4v) is 3.03. The Bertz CT molecular complexity index is 1000. The summed E-state index contributed by atoms with van der Waals surface area (Å²) in [4.78, 5) is 23.8. The summed E-state index contributed by atoms with van der Waals surface area (Å²) in [6.45, 7) is -0.277. The SMILES string of the molecule is O=C(NC[C@@H](O)c1ccc(-c2ccsc2)o1)C(=O)Nc1ccc(OC(F)(F)F)cc1. The van der Waals surface area contributed by atoms with E-state index in [1.807, 2.05) is 16.8 Å². The quantitative estimate of drug-likeness (QED) is 0.508. The van der Waals surface area contributed by atoms with Crippen LogP contribution >= 0.6 is 11.3 Å². The summed E-state index contributed by atoms with van der Waals surface area (Å²) in [5, 5.41) is 18.4. The molecule has 11 heteroatoms. The normalized spacial score (nSPS) is 12.3. The predicted octanol–water partition coefficient (Wildman–Crippen LogP) is 3.70. The predicted molar refractivity (Wildman–Crippen MR) is 102 cm³/mol. The molecular weight excluding hydrogens is 425 g/mol. The number of anilines is 1. The topological polar surface area (TPSA) is 101 Å². The molecule has 0 saturated carbocycles. The van der Waals surface area contributed by atoms with Gasteiger partial charge in [0.2, 0.25) is 0 Å². The van der Waals surface area contributed by atoms with Crippen LogP contribution in [0.3, 0.4) is 0 Å². The van der Waals surface area contributed by atoms with Crippen molar-refractivity contribution in [2.24, 2.45) is 0 Å². The van der Waals surface area contributed by atoms with E-state index >= 15 is 0 Å². The maximum absolute atomic E-state index is 12.1. The molecule has 0 radical (unpaired) electrons. The van der Waals surface area contributed by atoms with Crippen LogP contribution in [0.2, 0.25) is 0 Å². The van der Waals surface area contributed by atoms with Crippen molar-refractivity contribution in [2.45, 2.75) is 12.5 Å². The number of benzene rings is 1. The van der Waals surface area contributed by atoms with Crippen LogP contribution in [-0.2, 0) is 9.59 Å². The highest BCUT2D eigenvalue weighted by Crippen LogP contribution is 2.27. The molecule has 0 spiro atoms. The number of amides is 2. The molecule has 0 fully saturated rings. The second-order valence-corrected chi connectivity index (χ2v) is 6.75. The van der Waals surface area contributed by atoms with E-state index in [9.17, 15) is 27.9 Å². The lowest BCUT2D eigenvalue weighted by molar-refractivity contribution is -0.274. The highest BCUT2D eigenvalue weighted by Gasteiger charge is 2.31. The van der Waals surface area contributed by atoms with Gasteiger partial charge in [0, 0.05) is 16.6 Å². The van der Waals surface area contributed by atoms with E-state index in [1.165, 1.54) is 11.3 Å². The fraction of sp³-hybridized carbons (Fsp3) is 0.158. The van der Waals surface area contributed by atoms with Gasteiger partial charge in [-0.1, -0.05) is 0 Å². The van der Waals surface area contributed by atoms with E-state index in [0.29, 0.717) is 5.76 Å². The summed E-state index contributed by atoms with van der Waals surface area (Å²) in [5.74, 6) is -1.77. The molecule has 0 unspecified atom stereocenters. The van der Waals surface area contributed by atoms with Gasteiger partial charge in [-0.3, -0.25) is 9.59 Å². The number of thiophene rings is 1. The Morgan fingerprint density at radius 2 is 1.83 bits per heavy atom. The summed E-state index contributed by atoms with van der Waals surface area (Å²) < 4.78 is 45.6. The van der Waals surface area contributed by atoms with E-state index in [1.54, 1.807) is 12.1 Å². The van der Waals surface area contributed by atoms with Crippen molar-refractivity contribution in [3.63, 3.8) is 0 Å². The number of ether oxygens (including phenoxy) is 1. The molecule has 30 heavy (non-hydrogen) atoms. The first-order chi connectivity index (χ1) is 14.2. The van der Waals surface area contributed by atoms with Crippen LogP contribution in [0.1, 0.15) is 11.9 Å². The lowest BCUT2D eigenvalue weighted by atomic mass is 10.2. The average molecular weight is 440 g/mol. The van der Waals surface area contributed by atoms with Crippen molar-refractivity contribution in [3.8, 4) is 17.1 Å². The maximum atomic E-state index is 12.1. The molecule has 7 nitrogen and oxygen atoms in total. The van der Waals surface area contributed by atoms with Gasteiger partial charge in [0.05, 0.1) is 6.54 Å². The zero-order valence-corrected chi connectivity index (χ0v) is 15.9. The number of carbonyl (C=O) groups excluding carboxylic acids is 2. The van der Waals surface area contributed by atoms with Crippen LogP contribution < -0.4 is 15.4 Å². The van der Waals surface area contributed by atoms with Crippen LogP contribution in [0, 0.1) is 0 Å². The summed E-state index contributed by atoms with van der Waals surface area (Å²) in [7, 11) is 0. The molecule has 0 bridgehead atoms. The van der Waals surface area contributed by atoms with Crippen LogP contribution in [0.5, 0.6) is 5.75 Å². The van der Waals surface area contributed by atoms with Crippen LogP contribution in [0.25, 0.3) is 11.3 Å². The molecule has 1 atom stereocenters. The number of rotatable bonds is 6. The highest BCUT2D eigenvalue weighted by molar-refractivity contribution is 7.08. The number of alkyl halides is 3. The molecule has 1 aromatic carbocycles. The van der Waals surface area contributed by atoms with Gasteiger partial charge >= 0.3 is 18.2 Å². The zero-order chi connectivity index (χ0) is 21.7. The number of furan rings is 1. The van der Waals surface area contributed by atoms with Gasteiger partial charge in [0.1, 0.15) is 23.4 Å². The zero-order valence-electron chi connectivity index (χ0n) is 15.1. The highest BCUT2D eigenvalue weighted by atomic mass is 32.1. The van der Waals surface area contributed by atoms with E-state index in [2.05, 4.69) is 15.4 Å². The van der Waals surface area contributed by atoms with Crippen molar-refractivity contribution in [2.75, 3.05) is 11.9 Å². The second-order valence-electron chi connectivity index (χ2n) is 5.97. The first-order valence-corrected chi connectivity index (χ1v) is 9.41. The maximum Gasteiger partial charge on any atom is 0.573 e. The first kappa shape index (κ1) is 21.4. The largest absolute Gasteiger partial charge is 0.573 e. The van der Waals surface area contributed by atoms with E-state index in [0.717, 1.165) is 29.8 Å². The summed E-state index contributed by atoms with van der Waals surface area (Å²) in [5.41, 5.74) is 0.949. The van der Waals surface area contributed by atoms with Crippen molar-refractivity contribution in [1.29, 1.82) is 0 Å². The number of aliphatic hydroxyl groups excluding tert-OH is 1. The Kier molecular flexibility index (Phi) is 6.43. The molecule has 0 saturated heterocycles. The number of halogens is 3. The Labute approximate surface area is 172 Å². The minimum Gasteiger partial charge on any atom is -0.458 e. The Morgan fingerprint density at radius 1 is 1.10 bits per heavy atom. The minimum atomic E-state index is -4.83. The van der Waals surface area contributed by atoms with Crippen molar-refractivity contribution >= 4 is 28.8 Å². The van der Waals surface area contributed by atoms with Gasteiger partial charge in [-0.25, -0.2) is 0 Å². The van der Waals surface area contributed by atoms with E-state index in [4.69, 9.17) is 4.42 Å². The molecule has 3 N–H and O–H groups in total. The van der Waals surface area contributed by atoms with Crippen LogP contribution in [0.15, 0.2) is 57.6 Å². The molecule has 3 aromatic rings. The van der Waals surface area contributed by atoms with Gasteiger partial charge in [-0.05, 0) is 47.8 Å². The lowest BCUT2D eigenvalue weighted by Crippen LogP contribution is -2.37. The van der Waals surface area contributed by atoms with Gasteiger partial charge in [0.25, 0.3) is 0 Å². The Hall–Kier alpha value is -3.31. The summed E-state index contributed by atoms with van der Waals surface area (Å²) in [6.07, 6.45) is -6.00. The van der Waals surface area contributed by atoms with Crippen molar-refractivity contribution in [1.82, 2.24) is 5.32 Å². The van der Waals surface area contributed by atoms with Crippen LogP contribution in [0.4, 0.5) is 18.9 Å². The Morgan fingerprint density at radius 3 is 2.47 bits per heavy atom. The average Bonchev–Trinajstić information content (AvgIpc) is 3.37. The standard InChI is InChI=1S/C19H15F3N2O5S/c20-19(21,22)29-13-3-1-12(2-4-13)24-18(27)17(26)23-9-14(25)16-6-5-15(28-16)11-7-8-30-10-11/h1-8,10,14,25H,9H2,(H,23,26)(H,24,27)/t14-/m1/s1. The summed E-state index contributed by atoms with van der Waals surface area (Å²) in [6, 6.07) is 9.38. The lowest BCUT2D eigenvalue weighted by Gasteiger charge is -2.11. The number of hydrogen-bond donors (Lipinski definition) is 3. The number of carbonyl (C=O) groups is 2. The van der Waals surface area contributed by atoms with Gasteiger partial charge < -0.3 is 24.9 Å². The third-order valence-corrected chi connectivity index (χ3v) is 4.45. The number of aliphatic hydroxyl groups is 1. The van der Waals surface area contributed by atoms with Gasteiger partial charge in [-0.15, -0.1) is 13.2 Å². The molecule has 0 aliphatic rings. The monoisotopic (exact) mass is 440 g/mol. The smallest absolute Gasteiger partial charge is 0.458 e. The molecule has 2 heterocycles. The third kappa shape index (κ3) is 5.84. The molecule has 2 aromatic heterocycles. The molecule has 3 rings (SSSR count). The van der Waals surface area contributed by atoms with Gasteiger partial charge in [0.15, 0.2) is 0 Å². The Balaban J connectivity index is 1.49. The van der Waals surface area contributed by atoms with E-state index < -0.39 is 30.0 Å². The van der Waals surface area contributed by atoms with Gasteiger partial charge in [-0.2, -0.15) is 11.3 Å². The van der Waals surface area contributed by atoms with Crippen molar-refractivity contribution in [3.05, 3.63) is 59.0 Å². The fourth-order valence-electron chi connectivity index (χ4n) is 2.39. The molecule has 0 aliphatic heterocycles. The second kappa shape index (κ2) is 9.01. The minimum absolute atomic E-state index is 0.0941. The molecule has 2 amide bonds. The number of nitrogens with one attached hydrogen (secondary N) is 2. The molecule has 0 aliphatic carbocycles. The molecule has 158 valence electrons. The third-order valence-electron chi connectivity index (χ3n) is 3.77.